The van der Waals surface area contributed by atoms with E-state index in [0.29, 0.717) is 0 Å². The van der Waals surface area contributed by atoms with Crippen LogP contribution < -0.4 is 10.4 Å². The summed E-state index contributed by atoms with van der Waals surface area (Å²) in [4.78, 5) is 14.2. The van der Waals surface area contributed by atoms with Gasteiger partial charge in [-0.2, -0.15) is 13.2 Å². The molecule has 0 radical (unpaired) electrons. The number of hydrogen-bond acceptors (Lipinski definition) is 5. The van der Waals surface area contributed by atoms with E-state index < -0.39 is 29.3 Å². The molecule has 2 heterocycles. The quantitative estimate of drug-likeness (QED) is 0.742. The summed E-state index contributed by atoms with van der Waals surface area (Å²) in [5, 5.41) is 18.4. The van der Waals surface area contributed by atoms with Crippen molar-refractivity contribution >= 4 is 5.97 Å². The van der Waals surface area contributed by atoms with Crippen LogP contribution in [0.25, 0.3) is 0 Å². The van der Waals surface area contributed by atoms with Crippen LogP contribution >= 0.6 is 0 Å². The van der Waals surface area contributed by atoms with Crippen LogP contribution in [0, 0.1) is 0 Å². The van der Waals surface area contributed by atoms with E-state index in [1.54, 1.807) is 0 Å². The maximum atomic E-state index is 12.3. The van der Waals surface area contributed by atoms with Crippen molar-refractivity contribution in [1.82, 2.24) is 20.5 Å². The van der Waals surface area contributed by atoms with Gasteiger partial charge in [-0.3, -0.25) is 5.10 Å². The summed E-state index contributed by atoms with van der Waals surface area (Å²) in [6.07, 6.45) is 0.439. The summed E-state index contributed by atoms with van der Waals surface area (Å²) >= 11 is 0. The van der Waals surface area contributed by atoms with Gasteiger partial charge in [0.05, 0.1) is 5.97 Å². The van der Waals surface area contributed by atoms with Crippen molar-refractivity contribution in [2.75, 3.05) is 0 Å². The number of nitrogens with one attached hydrogen (secondary N) is 2. The third kappa shape index (κ3) is 1.83. The van der Waals surface area contributed by atoms with Gasteiger partial charge in [-0.25, -0.2) is 4.98 Å². The fourth-order valence-electron chi connectivity index (χ4n) is 1.42. The first-order valence-corrected chi connectivity index (χ1v) is 4.70. The van der Waals surface area contributed by atoms with Crippen molar-refractivity contribution in [2.24, 2.45) is 0 Å². The molecule has 0 saturated heterocycles. The number of aliphatic carboxylic acids is 1. The number of alkyl halides is 3. The zero-order chi connectivity index (χ0) is 13.4. The second-order valence-electron chi connectivity index (χ2n) is 3.46. The van der Waals surface area contributed by atoms with Crippen LogP contribution in [0.15, 0.2) is 24.4 Å². The molecule has 6 nitrogen and oxygen atoms in total. The summed E-state index contributed by atoms with van der Waals surface area (Å²) < 4.78 is 37.0. The lowest BCUT2D eigenvalue weighted by molar-refractivity contribution is -0.313. The number of rotatable bonds is 2. The van der Waals surface area contributed by atoms with Gasteiger partial charge in [-0.05, 0) is 18.4 Å². The molecule has 0 fully saturated rings. The lowest BCUT2D eigenvalue weighted by Gasteiger charge is -2.31. The molecule has 0 spiro atoms. The van der Waals surface area contributed by atoms with Gasteiger partial charge < -0.3 is 15.2 Å². The number of aromatic nitrogens is 3. The minimum absolute atomic E-state index is 0.504. The Labute approximate surface area is 98.2 Å². The molecule has 96 valence electrons. The van der Waals surface area contributed by atoms with Crippen molar-refractivity contribution < 1.29 is 23.1 Å². The number of nitrogens with zero attached hydrogens (tertiary/aromatic N) is 2. The van der Waals surface area contributed by atoms with Crippen LogP contribution in [0.2, 0.25) is 0 Å². The number of carboxylic acids is 1. The van der Waals surface area contributed by atoms with Gasteiger partial charge in [0.15, 0.2) is 11.4 Å². The normalized spacial score (nSPS) is 22.8. The van der Waals surface area contributed by atoms with Gasteiger partial charge in [-0.1, -0.05) is 6.08 Å². The summed E-state index contributed by atoms with van der Waals surface area (Å²) in [5.41, 5.74) is -1.98. The lowest BCUT2D eigenvalue weighted by Crippen LogP contribution is -2.54. The predicted molar refractivity (Wildman–Crippen MR) is 49.5 cm³/mol. The molecule has 1 atom stereocenters. The maximum Gasteiger partial charge on any atom is 0.453 e. The number of carbonyl (C=O) groups excluding carboxylic acids is 1. The van der Waals surface area contributed by atoms with E-state index in [-0.39, 0.29) is 0 Å². The largest absolute Gasteiger partial charge is 0.547 e. The van der Waals surface area contributed by atoms with Crippen LogP contribution in [-0.4, -0.2) is 21.2 Å². The Morgan fingerprint density at radius 3 is 2.56 bits per heavy atom. The van der Waals surface area contributed by atoms with Gasteiger partial charge in [0.2, 0.25) is 0 Å². The molecule has 0 aromatic carbocycles. The first kappa shape index (κ1) is 12.1. The maximum absolute atomic E-state index is 12.3. The molecule has 1 aromatic rings. The lowest BCUT2D eigenvalue weighted by atomic mass is 9.96. The van der Waals surface area contributed by atoms with E-state index in [1.807, 2.05) is 5.10 Å². The van der Waals surface area contributed by atoms with E-state index in [4.69, 9.17) is 0 Å². The Morgan fingerprint density at radius 1 is 1.39 bits per heavy atom. The molecule has 2 N–H and O–H groups in total. The number of carboxylic acid groups (broad SMARTS) is 1. The van der Waals surface area contributed by atoms with Crippen molar-refractivity contribution in [3.8, 4) is 0 Å². The number of dihydropyridines is 1. The average Bonchev–Trinajstić information content (AvgIpc) is 2.79. The molecule has 0 aliphatic carbocycles. The van der Waals surface area contributed by atoms with Crippen LogP contribution in [-0.2, 0) is 16.5 Å². The minimum Gasteiger partial charge on any atom is -0.547 e. The molecule has 1 aromatic heterocycles. The van der Waals surface area contributed by atoms with Crippen molar-refractivity contribution in [1.29, 1.82) is 0 Å². The molecular weight excluding hydrogens is 253 g/mol. The number of halogens is 3. The number of H-pyrrole nitrogens is 1. The highest BCUT2D eigenvalue weighted by molar-refractivity contribution is 5.81. The third-order valence-electron chi connectivity index (χ3n) is 2.30. The Morgan fingerprint density at radius 2 is 2.11 bits per heavy atom. The standard InChI is InChI=1S/C9H7F3N4O2/c10-9(11,12)6-14-5(15-16-6)8(7(17)18)3-1-2-4-13-8/h1-4,13H,(H,17,18)(H,14,15,16)/p-1. The van der Waals surface area contributed by atoms with Crippen LogP contribution in [0.4, 0.5) is 13.2 Å². The third-order valence-corrected chi connectivity index (χ3v) is 2.30. The highest BCUT2D eigenvalue weighted by Gasteiger charge is 2.40. The highest BCUT2D eigenvalue weighted by atomic mass is 19.4. The van der Waals surface area contributed by atoms with Crippen LogP contribution in [0.5, 0.6) is 0 Å². The minimum atomic E-state index is -4.75. The SMILES string of the molecule is O=C([O-])C1(c2nc(C(F)(F)F)n[nH]2)C=CC=CN1. The van der Waals surface area contributed by atoms with Gasteiger partial charge in [0, 0.05) is 0 Å². The van der Waals surface area contributed by atoms with Gasteiger partial charge >= 0.3 is 6.18 Å². The van der Waals surface area contributed by atoms with E-state index >= 15 is 0 Å². The van der Waals surface area contributed by atoms with Crippen molar-refractivity contribution in [3.05, 3.63) is 36.1 Å². The molecule has 2 rings (SSSR count). The predicted octanol–water partition coefficient (Wildman–Crippen LogP) is -0.558. The summed E-state index contributed by atoms with van der Waals surface area (Å²) in [5.74, 6) is -3.59. The molecule has 0 saturated carbocycles. The smallest absolute Gasteiger partial charge is 0.453 e. The number of carbonyl (C=O) groups is 1. The van der Waals surface area contributed by atoms with E-state index in [9.17, 15) is 23.1 Å². The second kappa shape index (κ2) is 3.86. The molecular formula is C9H6F3N4O2-. The first-order valence-electron chi connectivity index (χ1n) is 4.70. The number of aromatic amines is 1. The van der Waals surface area contributed by atoms with E-state index in [2.05, 4.69) is 15.4 Å². The molecule has 0 amide bonds. The topological polar surface area (TPSA) is 93.7 Å². The van der Waals surface area contributed by atoms with E-state index in [0.717, 1.165) is 6.08 Å². The zero-order valence-corrected chi connectivity index (χ0v) is 8.65. The van der Waals surface area contributed by atoms with Crippen molar-refractivity contribution in [2.45, 2.75) is 11.7 Å². The Bertz CT molecular complexity index is 534. The Balaban J connectivity index is 2.45. The molecule has 18 heavy (non-hydrogen) atoms. The summed E-state index contributed by atoms with van der Waals surface area (Å²) in [7, 11) is 0. The molecule has 1 aliphatic heterocycles. The average molecular weight is 259 g/mol. The van der Waals surface area contributed by atoms with E-state index in [1.165, 1.54) is 18.4 Å². The van der Waals surface area contributed by atoms with Crippen LogP contribution in [0.1, 0.15) is 11.6 Å². The number of allylic oxidation sites excluding steroid dienone is 2. The van der Waals surface area contributed by atoms with Crippen LogP contribution in [0.3, 0.4) is 0 Å². The molecule has 1 aliphatic rings. The second-order valence-corrected chi connectivity index (χ2v) is 3.46. The number of hydrogen-bond donors (Lipinski definition) is 2. The van der Waals surface area contributed by atoms with Gasteiger partial charge in [0.25, 0.3) is 5.82 Å². The fraction of sp³-hybridized carbons (Fsp3) is 0.222. The van der Waals surface area contributed by atoms with Gasteiger partial charge in [0.1, 0.15) is 0 Å². The monoisotopic (exact) mass is 259 g/mol. The highest BCUT2D eigenvalue weighted by Crippen LogP contribution is 2.28. The summed E-state index contributed by atoms with van der Waals surface area (Å²) in [6, 6.07) is 0. The molecule has 9 heteroatoms. The summed E-state index contributed by atoms with van der Waals surface area (Å²) in [6.45, 7) is 0. The van der Waals surface area contributed by atoms with Crippen molar-refractivity contribution in [3.63, 3.8) is 0 Å². The fourth-order valence-corrected chi connectivity index (χ4v) is 1.42. The molecule has 0 bridgehead atoms. The first-order chi connectivity index (χ1) is 8.36. The van der Waals surface area contributed by atoms with Gasteiger partial charge in [-0.15, -0.1) is 5.10 Å². The zero-order valence-electron chi connectivity index (χ0n) is 8.65. The Kier molecular flexibility index (Phi) is 2.60. The molecule has 1 unspecified atom stereocenters. The Hall–Kier alpha value is -2.32.